The summed E-state index contributed by atoms with van der Waals surface area (Å²) < 4.78 is 5.33. The van der Waals surface area contributed by atoms with Gasteiger partial charge in [-0.1, -0.05) is 12.1 Å². The third-order valence-electron chi connectivity index (χ3n) is 4.96. The largest absolute Gasteiger partial charge is 0.465 e. The molecule has 0 saturated carbocycles. The third-order valence-corrected chi connectivity index (χ3v) is 4.96. The minimum absolute atomic E-state index is 0.189. The molecule has 0 bridgehead atoms. The number of ether oxygens (including phenoxy) is 1. The van der Waals surface area contributed by atoms with Crippen LogP contribution in [0.5, 0.6) is 0 Å². The number of anilines is 1. The molecular formula is C18H27N3O3. The SMILES string of the molecule is CCOC(=O)C1(C)C(C)NC(=O)N(C)C1c1ccc(N(C)C)cc1. The van der Waals surface area contributed by atoms with Crippen LogP contribution in [0.2, 0.25) is 0 Å². The third kappa shape index (κ3) is 2.92. The van der Waals surface area contributed by atoms with Gasteiger partial charge >= 0.3 is 12.0 Å². The lowest BCUT2D eigenvalue weighted by molar-refractivity contribution is -0.161. The first-order chi connectivity index (χ1) is 11.2. The van der Waals surface area contributed by atoms with E-state index < -0.39 is 11.5 Å². The Hall–Kier alpha value is -2.24. The van der Waals surface area contributed by atoms with E-state index in [2.05, 4.69) is 5.32 Å². The number of esters is 1. The molecule has 24 heavy (non-hydrogen) atoms. The van der Waals surface area contributed by atoms with E-state index in [0.29, 0.717) is 6.61 Å². The van der Waals surface area contributed by atoms with Gasteiger partial charge in [-0.2, -0.15) is 0 Å². The maximum absolute atomic E-state index is 12.7. The molecule has 132 valence electrons. The molecule has 0 aliphatic carbocycles. The van der Waals surface area contributed by atoms with Crippen LogP contribution < -0.4 is 10.2 Å². The van der Waals surface area contributed by atoms with Gasteiger partial charge in [0, 0.05) is 32.9 Å². The van der Waals surface area contributed by atoms with Crippen LogP contribution >= 0.6 is 0 Å². The molecule has 1 aliphatic heterocycles. The van der Waals surface area contributed by atoms with E-state index in [1.807, 2.05) is 57.1 Å². The van der Waals surface area contributed by atoms with Gasteiger partial charge in [0.05, 0.1) is 12.6 Å². The highest BCUT2D eigenvalue weighted by atomic mass is 16.5. The fourth-order valence-corrected chi connectivity index (χ4v) is 3.29. The number of urea groups is 1. The molecule has 1 fully saturated rings. The first kappa shape index (κ1) is 18.1. The second kappa shape index (κ2) is 6.71. The molecule has 0 spiro atoms. The van der Waals surface area contributed by atoms with Gasteiger partial charge in [-0.3, -0.25) is 4.79 Å². The standard InChI is InChI=1S/C18H27N3O3/c1-7-24-16(22)18(3)12(2)19-17(23)21(6)15(18)13-8-10-14(11-9-13)20(4)5/h8-12,15H,7H2,1-6H3,(H,19,23). The molecule has 0 aromatic heterocycles. The zero-order valence-corrected chi connectivity index (χ0v) is 15.3. The molecule has 1 aromatic rings. The fourth-order valence-electron chi connectivity index (χ4n) is 3.29. The van der Waals surface area contributed by atoms with Crippen molar-refractivity contribution in [2.24, 2.45) is 5.41 Å². The van der Waals surface area contributed by atoms with Crippen molar-refractivity contribution in [1.29, 1.82) is 0 Å². The van der Waals surface area contributed by atoms with E-state index in [1.54, 1.807) is 18.9 Å². The Morgan fingerprint density at radius 1 is 1.33 bits per heavy atom. The number of carbonyl (C=O) groups is 2. The molecule has 1 aromatic carbocycles. The average Bonchev–Trinajstić information content (AvgIpc) is 2.54. The van der Waals surface area contributed by atoms with Crippen LogP contribution in [0.3, 0.4) is 0 Å². The first-order valence-electron chi connectivity index (χ1n) is 8.21. The van der Waals surface area contributed by atoms with Gasteiger partial charge in [0.25, 0.3) is 0 Å². The minimum Gasteiger partial charge on any atom is -0.465 e. The second-order valence-electron chi connectivity index (χ2n) is 6.67. The van der Waals surface area contributed by atoms with E-state index in [-0.39, 0.29) is 18.0 Å². The highest BCUT2D eigenvalue weighted by Crippen LogP contribution is 2.44. The van der Waals surface area contributed by atoms with Crippen molar-refractivity contribution in [1.82, 2.24) is 10.2 Å². The molecule has 3 atom stereocenters. The summed E-state index contributed by atoms with van der Waals surface area (Å²) in [7, 11) is 5.66. The van der Waals surface area contributed by atoms with Crippen molar-refractivity contribution in [3.05, 3.63) is 29.8 Å². The predicted octanol–water partition coefficient (Wildman–Crippen LogP) is 2.41. The molecule has 1 aliphatic rings. The second-order valence-corrected chi connectivity index (χ2v) is 6.67. The smallest absolute Gasteiger partial charge is 0.317 e. The highest BCUT2D eigenvalue weighted by Gasteiger charge is 2.54. The molecule has 6 nitrogen and oxygen atoms in total. The molecule has 1 saturated heterocycles. The normalized spacial score (nSPS) is 26.8. The van der Waals surface area contributed by atoms with E-state index >= 15 is 0 Å². The van der Waals surface area contributed by atoms with Crippen molar-refractivity contribution < 1.29 is 14.3 Å². The summed E-state index contributed by atoms with van der Waals surface area (Å²) in [5.74, 6) is -0.300. The summed E-state index contributed by atoms with van der Waals surface area (Å²) in [6.45, 7) is 5.81. The van der Waals surface area contributed by atoms with E-state index in [0.717, 1.165) is 11.3 Å². The first-order valence-corrected chi connectivity index (χ1v) is 8.21. The monoisotopic (exact) mass is 333 g/mol. The Balaban J connectivity index is 2.50. The van der Waals surface area contributed by atoms with Gasteiger partial charge in [0.2, 0.25) is 0 Å². The molecule has 1 heterocycles. The van der Waals surface area contributed by atoms with E-state index in [4.69, 9.17) is 4.74 Å². The van der Waals surface area contributed by atoms with Crippen LogP contribution in [0, 0.1) is 5.41 Å². The van der Waals surface area contributed by atoms with Crippen molar-refractivity contribution >= 4 is 17.7 Å². The summed E-state index contributed by atoms with van der Waals surface area (Å²) in [6, 6.07) is 7.01. The predicted molar refractivity (Wildman–Crippen MR) is 94.0 cm³/mol. The Morgan fingerprint density at radius 2 is 1.92 bits per heavy atom. The molecule has 2 rings (SSSR count). The number of amides is 2. The quantitative estimate of drug-likeness (QED) is 0.860. The summed E-state index contributed by atoms with van der Waals surface area (Å²) in [5, 5.41) is 2.87. The zero-order valence-electron chi connectivity index (χ0n) is 15.3. The zero-order chi connectivity index (χ0) is 18.1. The topological polar surface area (TPSA) is 61.9 Å². The lowest BCUT2D eigenvalue weighted by Gasteiger charge is -2.49. The summed E-state index contributed by atoms with van der Waals surface area (Å²) in [6.07, 6.45) is 0. The summed E-state index contributed by atoms with van der Waals surface area (Å²) in [5.41, 5.74) is 1.10. The highest BCUT2D eigenvalue weighted by molar-refractivity contribution is 5.85. The van der Waals surface area contributed by atoms with Crippen LogP contribution in [0.25, 0.3) is 0 Å². The van der Waals surface area contributed by atoms with Gasteiger partial charge in [-0.05, 0) is 38.5 Å². The number of hydrogen-bond donors (Lipinski definition) is 1. The van der Waals surface area contributed by atoms with Gasteiger partial charge in [-0.15, -0.1) is 0 Å². The maximum Gasteiger partial charge on any atom is 0.317 e. The van der Waals surface area contributed by atoms with Gasteiger partial charge in [0.1, 0.15) is 5.41 Å². The molecular weight excluding hydrogens is 306 g/mol. The van der Waals surface area contributed by atoms with Crippen molar-refractivity contribution in [2.75, 3.05) is 32.6 Å². The Morgan fingerprint density at radius 3 is 2.42 bits per heavy atom. The van der Waals surface area contributed by atoms with Crippen LogP contribution in [0.4, 0.5) is 10.5 Å². The van der Waals surface area contributed by atoms with E-state index in [1.165, 1.54) is 0 Å². The van der Waals surface area contributed by atoms with Gasteiger partial charge in [0.15, 0.2) is 0 Å². The number of hydrogen-bond acceptors (Lipinski definition) is 4. The lowest BCUT2D eigenvalue weighted by atomic mass is 9.71. The Labute approximate surface area is 143 Å². The molecule has 2 amide bonds. The Kier molecular flexibility index (Phi) is 5.06. The number of nitrogens with one attached hydrogen (secondary N) is 1. The van der Waals surface area contributed by atoms with Crippen LogP contribution in [0.1, 0.15) is 32.4 Å². The number of carbonyl (C=O) groups excluding carboxylic acids is 2. The number of nitrogens with zero attached hydrogens (tertiary/aromatic N) is 2. The van der Waals surface area contributed by atoms with Crippen molar-refractivity contribution in [2.45, 2.75) is 32.9 Å². The molecule has 6 heteroatoms. The van der Waals surface area contributed by atoms with Crippen LogP contribution in [-0.2, 0) is 9.53 Å². The molecule has 3 unspecified atom stereocenters. The minimum atomic E-state index is -0.877. The summed E-state index contributed by atoms with van der Waals surface area (Å²) >= 11 is 0. The number of benzene rings is 1. The van der Waals surface area contributed by atoms with E-state index in [9.17, 15) is 9.59 Å². The van der Waals surface area contributed by atoms with Crippen molar-refractivity contribution in [3.63, 3.8) is 0 Å². The average molecular weight is 333 g/mol. The van der Waals surface area contributed by atoms with Crippen LogP contribution in [0.15, 0.2) is 24.3 Å². The molecule has 1 N–H and O–H groups in total. The van der Waals surface area contributed by atoms with Gasteiger partial charge < -0.3 is 19.9 Å². The number of rotatable bonds is 4. The molecule has 0 radical (unpaired) electrons. The lowest BCUT2D eigenvalue weighted by Crippen LogP contribution is -2.64. The Bertz CT molecular complexity index is 614. The van der Waals surface area contributed by atoms with Gasteiger partial charge in [-0.25, -0.2) is 4.79 Å². The fraction of sp³-hybridized carbons (Fsp3) is 0.556. The summed E-state index contributed by atoms with van der Waals surface area (Å²) in [4.78, 5) is 28.6. The maximum atomic E-state index is 12.7. The van der Waals surface area contributed by atoms with Crippen molar-refractivity contribution in [3.8, 4) is 0 Å². The van der Waals surface area contributed by atoms with Crippen LogP contribution in [-0.4, -0.2) is 50.7 Å².